The Labute approximate surface area is 116 Å². The number of aromatic nitrogens is 1. The van der Waals surface area contributed by atoms with E-state index in [1.165, 1.54) is 35.3 Å². The number of carbonyl (C=O) groups excluding carboxylic acids is 1. The van der Waals surface area contributed by atoms with E-state index in [2.05, 4.69) is 16.4 Å². The average molecular weight is 272 g/mol. The molecule has 3 rings (SSSR count). The van der Waals surface area contributed by atoms with Crippen LogP contribution in [-0.4, -0.2) is 10.9 Å². The molecular weight excluding hydrogens is 256 g/mol. The fourth-order valence-corrected chi connectivity index (χ4v) is 3.14. The van der Waals surface area contributed by atoms with Crippen LogP contribution in [-0.2, 0) is 12.8 Å². The predicted octanol–water partition coefficient (Wildman–Crippen LogP) is 3.58. The Morgan fingerprint density at radius 2 is 2.05 bits per heavy atom. The molecule has 98 valence electrons. The maximum Gasteiger partial charge on any atom is 0.257 e. The molecule has 1 aliphatic rings. The Morgan fingerprint density at radius 3 is 2.79 bits per heavy atom. The van der Waals surface area contributed by atoms with Crippen molar-refractivity contribution < 1.29 is 4.79 Å². The van der Waals surface area contributed by atoms with Crippen LogP contribution in [0, 0.1) is 6.92 Å². The lowest BCUT2D eigenvalue weighted by Gasteiger charge is -2.16. The van der Waals surface area contributed by atoms with Gasteiger partial charge in [-0.3, -0.25) is 10.1 Å². The van der Waals surface area contributed by atoms with Crippen LogP contribution in [0.5, 0.6) is 0 Å². The van der Waals surface area contributed by atoms with Gasteiger partial charge in [0.05, 0.1) is 5.69 Å². The van der Waals surface area contributed by atoms with Crippen molar-refractivity contribution in [3.05, 3.63) is 46.0 Å². The van der Waals surface area contributed by atoms with Crippen molar-refractivity contribution in [1.82, 2.24) is 4.98 Å². The molecular formula is C15H16N2OS. The highest BCUT2D eigenvalue weighted by Gasteiger charge is 2.13. The third kappa shape index (κ3) is 2.68. The van der Waals surface area contributed by atoms with Gasteiger partial charge in [0.2, 0.25) is 0 Å². The van der Waals surface area contributed by atoms with E-state index in [0.717, 1.165) is 24.1 Å². The molecule has 0 radical (unpaired) electrons. The van der Waals surface area contributed by atoms with Gasteiger partial charge in [-0.15, -0.1) is 11.3 Å². The van der Waals surface area contributed by atoms with Gasteiger partial charge in [-0.2, -0.15) is 0 Å². The smallest absolute Gasteiger partial charge is 0.257 e. The van der Waals surface area contributed by atoms with E-state index < -0.39 is 0 Å². The van der Waals surface area contributed by atoms with Gasteiger partial charge in [0.15, 0.2) is 5.13 Å². The molecule has 0 saturated carbocycles. The Morgan fingerprint density at radius 1 is 1.26 bits per heavy atom. The van der Waals surface area contributed by atoms with Crippen molar-refractivity contribution in [2.45, 2.75) is 32.6 Å². The summed E-state index contributed by atoms with van der Waals surface area (Å²) in [4.78, 5) is 16.4. The van der Waals surface area contributed by atoms with Crippen molar-refractivity contribution in [2.75, 3.05) is 5.32 Å². The number of hydrogen-bond acceptors (Lipinski definition) is 3. The number of fused-ring (bicyclic) bond motifs is 1. The molecule has 0 unspecified atom stereocenters. The van der Waals surface area contributed by atoms with Gasteiger partial charge >= 0.3 is 0 Å². The zero-order valence-corrected chi connectivity index (χ0v) is 11.7. The number of anilines is 1. The van der Waals surface area contributed by atoms with E-state index in [0.29, 0.717) is 5.13 Å². The van der Waals surface area contributed by atoms with Crippen molar-refractivity contribution in [2.24, 2.45) is 0 Å². The molecule has 0 atom stereocenters. The Hall–Kier alpha value is -1.68. The molecule has 1 heterocycles. The third-order valence-electron chi connectivity index (χ3n) is 3.45. The summed E-state index contributed by atoms with van der Waals surface area (Å²) in [7, 11) is 0. The highest BCUT2D eigenvalue weighted by atomic mass is 32.1. The van der Waals surface area contributed by atoms with Crippen LogP contribution in [0.1, 0.15) is 40.0 Å². The summed E-state index contributed by atoms with van der Waals surface area (Å²) in [6.07, 6.45) is 4.72. The van der Waals surface area contributed by atoms with Crippen molar-refractivity contribution in [1.29, 1.82) is 0 Å². The van der Waals surface area contributed by atoms with Crippen molar-refractivity contribution in [3.8, 4) is 0 Å². The molecule has 2 aromatic rings. The van der Waals surface area contributed by atoms with Crippen LogP contribution < -0.4 is 5.32 Å². The van der Waals surface area contributed by atoms with E-state index in [1.807, 2.05) is 24.4 Å². The Balaban J connectivity index is 1.80. The minimum absolute atomic E-state index is 0.0669. The molecule has 0 aliphatic heterocycles. The van der Waals surface area contributed by atoms with Crippen LogP contribution in [0.25, 0.3) is 0 Å². The second-order valence-corrected chi connectivity index (χ2v) is 5.80. The van der Waals surface area contributed by atoms with E-state index in [4.69, 9.17) is 0 Å². The van der Waals surface area contributed by atoms with Gasteiger partial charge in [-0.25, -0.2) is 4.98 Å². The van der Waals surface area contributed by atoms with E-state index in [-0.39, 0.29) is 5.91 Å². The average Bonchev–Trinajstić information content (AvgIpc) is 2.83. The summed E-state index contributed by atoms with van der Waals surface area (Å²) in [6, 6.07) is 6.04. The highest BCUT2D eigenvalue weighted by Crippen LogP contribution is 2.23. The SMILES string of the molecule is Cc1csc(NC(=O)c2ccc3c(c2)CCCC3)n1. The minimum atomic E-state index is -0.0669. The molecule has 4 heteroatoms. The number of amides is 1. The van der Waals surface area contributed by atoms with Gasteiger partial charge in [0, 0.05) is 10.9 Å². The summed E-state index contributed by atoms with van der Waals surface area (Å²) < 4.78 is 0. The molecule has 3 nitrogen and oxygen atoms in total. The molecule has 1 aromatic heterocycles. The van der Waals surface area contributed by atoms with Gasteiger partial charge in [-0.1, -0.05) is 6.07 Å². The fraction of sp³-hybridized carbons (Fsp3) is 0.333. The molecule has 0 spiro atoms. The Bertz CT molecular complexity index is 618. The Kier molecular flexibility index (Phi) is 3.34. The first kappa shape index (κ1) is 12.4. The molecule has 0 fully saturated rings. The third-order valence-corrected chi connectivity index (χ3v) is 4.33. The number of nitrogens with zero attached hydrogens (tertiary/aromatic N) is 1. The number of rotatable bonds is 2. The highest BCUT2D eigenvalue weighted by molar-refractivity contribution is 7.13. The van der Waals surface area contributed by atoms with Crippen LogP contribution in [0.15, 0.2) is 23.6 Å². The predicted molar refractivity (Wildman–Crippen MR) is 77.9 cm³/mol. The van der Waals surface area contributed by atoms with E-state index in [9.17, 15) is 4.79 Å². The van der Waals surface area contributed by atoms with Gasteiger partial charge in [-0.05, 0) is 55.9 Å². The lowest BCUT2D eigenvalue weighted by atomic mass is 9.90. The first-order chi connectivity index (χ1) is 9.22. The van der Waals surface area contributed by atoms with Crippen LogP contribution >= 0.6 is 11.3 Å². The lowest BCUT2D eigenvalue weighted by molar-refractivity contribution is 0.102. The monoisotopic (exact) mass is 272 g/mol. The minimum Gasteiger partial charge on any atom is -0.298 e. The van der Waals surface area contributed by atoms with Crippen LogP contribution in [0.2, 0.25) is 0 Å². The van der Waals surface area contributed by atoms with Crippen molar-refractivity contribution >= 4 is 22.4 Å². The maximum atomic E-state index is 12.2. The number of carbonyl (C=O) groups is 1. The van der Waals surface area contributed by atoms with Gasteiger partial charge < -0.3 is 0 Å². The lowest BCUT2D eigenvalue weighted by Crippen LogP contribution is -2.13. The summed E-state index contributed by atoms with van der Waals surface area (Å²) >= 11 is 1.46. The first-order valence-corrected chi connectivity index (χ1v) is 7.45. The van der Waals surface area contributed by atoms with Crippen LogP contribution in [0.4, 0.5) is 5.13 Å². The zero-order chi connectivity index (χ0) is 13.2. The van der Waals surface area contributed by atoms with Gasteiger partial charge in [0.1, 0.15) is 0 Å². The van der Waals surface area contributed by atoms with E-state index >= 15 is 0 Å². The summed E-state index contributed by atoms with van der Waals surface area (Å²) in [5.74, 6) is -0.0669. The number of thiazole rings is 1. The normalized spacial score (nSPS) is 13.9. The van der Waals surface area contributed by atoms with Gasteiger partial charge in [0.25, 0.3) is 5.91 Å². The standard InChI is InChI=1S/C15H16N2OS/c1-10-9-19-15(16-10)17-14(18)13-7-6-11-4-2-3-5-12(11)8-13/h6-9H,2-5H2,1H3,(H,16,17,18). The summed E-state index contributed by atoms with van der Waals surface area (Å²) in [6.45, 7) is 1.92. The number of aryl methyl sites for hydroxylation is 3. The number of nitrogens with one attached hydrogen (secondary N) is 1. The molecule has 1 amide bonds. The molecule has 1 aliphatic carbocycles. The number of benzene rings is 1. The zero-order valence-electron chi connectivity index (χ0n) is 10.9. The molecule has 19 heavy (non-hydrogen) atoms. The van der Waals surface area contributed by atoms with Crippen molar-refractivity contribution in [3.63, 3.8) is 0 Å². The molecule has 0 saturated heterocycles. The van der Waals surface area contributed by atoms with Crippen LogP contribution in [0.3, 0.4) is 0 Å². The summed E-state index contributed by atoms with van der Waals surface area (Å²) in [5, 5.41) is 5.45. The fourth-order valence-electron chi connectivity index (χ4n) is 2.46. The topological polar surface area (TPSA) is 42.0 Å². The molecule has 0 bridgehead atoms. The molecule has 1 N–H and O–H groups in total. The number of hydrogen-bond donors (Lipinski definition) is 1. The summed E-state index contributed by atoms with van der Waals surface area (Å²) in [5.41, 5.74) is 4.39. The maximum absolute atomic E-state index is 12.2. The second kappa shape index (κ2) is 5.13. The molecule has 1 aromatic carbocycles. The van der Waals surface area contributed by atoms with E-state index in [1.54, 1.807) is 0 Å². The largest absolute Gasteiger partial charge is 0.298 e. The quantitative estimate of drug-likeness (QED) is 0.908. The second-order valence-electron chi connectivity index (χ2n) is 4.94. The first-order valence-electron chi connectivity index (χ1n) is 6.57.